The molecular formula is C12H23N3O4. The van der Waals surface area contributed by atoms with Gasteiger partial charge in [-0.15, -0.1) is 0 Å². The average Bonchev–Trinajstić information content (AvgIpc) is 2.34. The minimum Gasteiger partial charge on any atom is -0.464 e. The van der Waals surface area contributed by atoms with Crippen LogP contribution < -0.4 is 16.4 Å². The van der Waals surface area contributed by atoms with Crippen LogP contribution in [0.15, 0.2) is 0 Å². The summed E-state index contributed by atoms with van der Waals surface area (Å²) in [6.45, 7) is 6.85. The normalized spacial score (nSPS) is 13.6. The molecule has 7 heteroatoms. The van der Waals surface area contributed by atoms with Gasteiger partial charge in [0.15, 0.2) is 0 Å². The minimum atomic E-state index is -0.747. The molecule has 2 amide bonds. The lowest BCUT2D eigenvalue weighted by molar-refractivity contribution is -0.146. The first-order valence-corrected chi connectivity index (χ1v) is 6.28. The highest BCUT2D eigenvalue weighted by Crippen LogP contribution is 1.97. The molecule has 0 aromatic carbocycles. The highest BCUT2D eigenvalue weighted by molar-refractivity contribution is 5.89. The fraction of sp³-hybridized carbons (Fsp3) is 0.750. The zero-order valence-electron chi connectivity index (χ0n) is 11.9. The number of carbonyl (C=O) groups is 3. The molecule has 0 radical (unpaired) electrons. The summed E-state index contributed by atoms with van der Waals surface area (Å²) in [5, 5.41) is 4.83. The maximum Gasteiger partial charge on any atom is 0.328 e. The summed E-state index contributed by atoms with van der Waals surface area (Å²) in [7, 11) is 0. The molecule has 0 saturated carbocycles. The van der Waals surface area contributed by atoms with E-state index >= 15 is 0 Å². The summed E-state index contributed by atoms with van der Waals surface area (Å²) < 4.78 is 4.74. The predicted octanol–water partition coefficient (Wildman–Crippen LogP) is -0.846. The Morgan fingerprint density at radius 2 is 1.79 bits per heavy atom. The molecule has 4 N–H and O–H groups in total. The summed E-state index contributed by atoms with van der Waals surface area (Å²) in [6.07, 6.45) is 0. The minimum absolute atomic E-state index is 0.0125. The van der Waals surface area contributed by atoms with Crippen molar-refractivity contribution in [3.63, 3.8) is 0 Å². The van der Waals surface area contributed by atoms with Gasteiger partial charge in [-0.25, -0.2) is 4.79 Å². The first kappa shape index (κ1) is 17.4. The van der Waals surface area contributed by atoms with Gasteiger partial charge in [-0.1, -0.05) is 13.8 Å². The van der Waals surface area contributed by atoms with Crippen molar-refractivity contribution in [3.8, 4) is 0 Å². The number of amides is 2. The van der Waals surface area contributed by atoms with Crippen LogP contribution in [0.25, 0.3) is 0 Å². The summed E-state index contributed by atoms with van der Waals surface area (Å²) in [5.74, 6) is -1.39. The molecule has 0 aliphatic heterocycles. The molecule has 0 fully saturated rings. The van der Waals surface area contributed by atoms with Crippen LogP contribution in [0.3, 0.4) is 0 Å². The predicted molar refractivity (Wildman–Crippen MR) is 70.1 cm³/mol. The number of hydrogen-bond donors (Lipinski definition) is 3. The van der Waals surface area contributed by atoms with E-state index in [9.17, 15) is 14.4 Å². The number of hydrogen-bond acceptors (Lipinski definition) is 5. The standard InChI is InChI=1S/C12H23N3O4/c1-5-19-12(18)8(4)15-9(16)6-14-11(17)10(13)7(2)3/h7-8,10H,5-6,13H2,1-4H3,(H,14,17)(H,15,16)/t8?,10-/m0/s1. The van der Waals surface area contributed by atoms with Crippen LogP contribution in [0.1, 0.15) is 27.7 Å². The molecule has 1 unspecified atom stereocenters. The fourth-order valence-electron chi connectivity index (χ4n) is 1.21. The Kier molecular flexibility index (Phi) is 7.74. The molecule has 0 heterocycles. The van der Waals surface area contributed by atoms with Crippen molar-refractivity contribution >= 4 is 17.8 Å². The maximum atomic E-state index is 11.5. The second-order valence-electron chi connectivity index (χ2n) is 4.53. The summed E-state index contributed by atoms with van der Waals surface area (Å²) in [4.78, 5) is 34.3. The molecule has 0 aromatic heterocycles. The van der Waals surface area contributed by atoms with Crippen molar-refractivity contribution in [1.82, 2.24) is 10.6 Å². The van der Waals surface area contributed by atoms with E-state index in [0.717, 1.165) is 0 Å². The van der Waals surface area contributed by atoms with Gasteiger partial charge in [-0.3, -0.25) is 9.59 Å². The van der Waals surface area contributed by atoms with Crippen LogP contribution in [0.5, 0.6) is 0 Å². The molecule has 110 valence electrons. The van der Waals surface area contributed by atoms with E-state index in [4.69, 9.17) is 10.5 Å². The fourth-order valence-corrected chi connectivity index (χ4v) is 1.21. The van der Waals surface area contributed by atoms with E-state index in [-0.39, 0.29) is 19.1 Å². The third-order valence-electron chi connectivity index (χ3n) is 2.46. The Labute approximate surface area is 113 Å². The molecule has 0 bridgehead atoms. The third kappa shape index (κ3) is 6.76. The monoisotopic (exact) mass is 273 g/mol. The summed E-state index contributed by atoms with van der Waals surface area (Å²) in [6, 6.07) is -1.40. The van der Waals surface area contributed by atoms with Crippen molar-refractivity contribution in [2.45, 2.75) is 39.8 Å². The van der Waals surface area contributed by atoms with Crippen molar-refractivity contribution in [1.29, 1.82) is 0 Å². The van der Waals surface area contributed by atoms with Gasteiger partial charge in [-0.05, 0) is 19.8 Å². The van der Waals surface area contributed by atoms with Crippen LogP contribution in [-0.4, -0.2) is 43.0 Å². The topological polar surface area (TPSA) is 111 Å². The Bertz CT molecular complexity index is 331. The zero-order valence-corrected chi connectivity index (χ0v) is 11.9. The van der Waals surface area contributed by atoms with Gasteiger partial charge in [-0.2, -0.15) is 0 Å². The highest BCUT2D eigenvalue weighted by atomic mass is 16.5. The Hall–Kier alpha value is -1.63. The third-order valence-corrected chi connectivity index (χ3v) is 2.46. The second-order valence-corrected chi connectivity index (χ2v) is 4.53. The van der Waals surface area contributed by atoms with E-state index in [0.29, 0.717) is 0 Å². The SMILES string of the molecule is CCOC(=O)C(C)NC(=O)CNC(=O)[C@@H](N)C(C)C. The van der Waals surface area contributed by atoms with Crippen molar-refractivity contribution < 1.29 is 19.1 Å². The van der Waals surface area contributed by atoms with Gasteiger partial charge in [0.25, 0.3) is 0 Å². The first-order chi connectivity index (χ1) is 8.79. The molecule has 2 atom stereocenters. The van der Waals surface area contributed by atoms with E-state index in [1.54, 1.807) is 6.92 Å². The Morgan fingerprint density at radius 3 is 2.26 bits per heavy atom. The average molecular weight is 273 g/mol. The molecule has 0 aliphatic carbocycles. The van der Waals surface area contributed by atoms with Gasteiger partial charge in [0.2, 0.25) is 11.8 Å². The number of nitrogens with two attached hydrogens (primary N) is 1. The Balaban J connectivity index is 4.06. The molecular weight excluding hydrogens is 250 g/mol. The van der Waals surface area contributed by atoms with Crippen molar-refractivity contribution in [3.05, 3.63) is 0 Å². The number of esters is 1. The van der Waals surface area contributed by atoms with Crippen LogP contribution >= 0.6 is 0 Å². The van der Waals surface area contributed by atoms with Gasteiger partial charge < -0.3 is 21.1 Å². The number of ether oxygens (including phenoxy) is 1. The van der Waals surface area contributed by atoms with Gasteiger partial charge in [0, 0.05) is 0 Å². The van der Waals surface area contributed by atoms with Crippen LogP contribution in [0.4, 0.5) is 0 Å². The molecule has 0 rings (SSSR count). The Morgan fingerprint density at radius 1 is 1.21 bits per heavy atom. The van der Waals surface area contributed by atoms with Crippen LogP contribution in [0.2, 0.25) is 0 Å². The van der Waals surface area contributed by atoms with Gasteiger partial charge in [0.05, 0.1) is 19.2 Å². The molecule has 0 aromatic rings. The molecule has 0 spiro atoms. The molecule has 0 saturated heterocycles. The van der Waals surface area contributed by atoms with E-state index in [1.165, 1.54) is 6.92 Å². The summed E-state index contributed by atoms with van der Waals surface area (Å²) in [5.41, 5.74) is 5.62. The van der Waals surface area contributed by atoms with Gasteiger partial charge in [0.1, 0.15) is 6.04 Å². The van der Waals surface area contributed by atoms with E-state index < -0.39 is 29.9 Å². The van der Waals surface area contributed by atoms with E-state index in [2.05, 4.69) is 10.6 Å². The first-order valence-electron chi connectivity index (χ1n) is 6.28. The lowest BCUT2D eigenvalue weighted by Crippen LogP contribution is -2.49. The highest BCUT2D eigenvalue weighted by Gasteiger charge is 2.19. The molecule has 7 nitrogen and oxygen atoms in total. The van der Waals surface area contributed by atoms with Crippen molar-refractivity contribution in [2.24, 2.45) is 11.7 Å². The number of carbonyl (C=O) groups excluding carboxylic acids is 3. The van der Waals surface area contributed by atoms with Crippen LogP contribution in [0, 0.1) is 5.92 Å². The van der Waals surface area contributed by atoms with Crippen molar-refractivity contribution in [2.75, 3.05) is 13.2 Å². The molecule has 0 aliphatic rings. The lowest BCUT2D eigenvalue weighted by atomic mass is 10.1. The largest absolute Gasteiger partial charge is 0.464 e. The second kappa shape index (κ2) is 8.47. The smallest absolute Gasteiger partial charge is 0.328 e. The maximum absolute atomic E-state index is 11.5. The number of rotatable bonds is 7. The van der Waals surface area contributed by atoms with Gasteiger partial charge >= 0.3 is 5.97 Å². The summed E-state index contributed by atoms with van der Waals surface area (Å²) >= 11 is 0. The lowest BCUT2D eigenvalue weighted by Gasteiger charge is -2.16. The van der Waals surface area contributed by atoms with Crippen LogP contribution in [-0.2, 0) is 19.1 Å². The van der Waals surface area contributed by atoms with E-state index in [1.807, 2.05) is 13.8 Å². The number of nitrogens with one attached hydrogen (secondary N) is 2. The zero-order chi connectivity index (χ0) is 15.0. The molecule has 19 heavy (non-hydrogen) atoms. The quantitative estimate of drug-likeness (QED) is 0.523.